The van der Waals surface area contributed by atoms with E-state index >= 15 is 0 Å². The van der Waals surface area contributed by atoms with Gasteiger partial charge in [-0.15, -0.1) is 6.42 Å². The lowest BCUT2D eigenvalue weighted by Crippen LogP contribution is -2.35. The Morgan fingerprint density at radius 3 is 2.59 bits per heavy atom. The Morgan fingerprint density at radius 1 is 1.41 bits per heavy atom. The summed E-state index contributed by atoms with van der Waals surface area (Å²) in [5.74, 6) is 2.66. The fraction of sp³-hybridized carbons (Fsp3) is 0.429. The van der Waals surface area contributed by atoms with Crippen molar-refractivity contribution in [3.8, 4) is 12.3 Å². The van der Waals surface area contributed by atoms with E-state index < -0.39 is 0 Å². The van der Waals surface area contributed by atoms with Crippen LogP contribution in [0.2, 0.25) is 0 Å². The van der Waals surface area contributed by atoms with Crippen LogP contribution in [0.1, 0.15) is 18.6 Å². The first-order valence-electron chi connectivity index (χ1n) is 5.58. The van der Waals surface area contributed by atoms with Gasteiger partial charge in [-0.05, 0) is 31.6 Å². The second-order valence-corrected chi connectivity index (χ2v) is 4.48. The van der Waals surface area contributed by atoms with Crippen LogP contribution in [-0.2, 0) is 4.18 Å². The number of hydrogen-bond acceptors (Lipinski definition) is 3. The average molecular weight is 249 g/mol. The minimum absolute atomic E-state index is 0.0320. The van der Waals surface area contributed by atoms with Crippen LogP contribution in [0.25, 0.3) is 0 Å². The summed E-state index contributed by atoms with van der Waals surface area (Å²) < 4.78 is 5.76. The van der Waals surface area contributed by atoms with E-state index in [-0.39, 0.29) is 12.1 Å². The molecule has 2 unspecified atom stereocenters. The molecule has 0 saturated heterocycles. The molecule has 0 amide bonds. The predicted molar refractivity (Wildman–Crippen MR) is 74.7 cm³/mol. The highest BCUT2D eigenvalue weighted by molar-refractivity contribution is 7.93. The van der Waals surface area contributed by atoms with Crippen molar-refractivity contribution in [2.45, 2.75) is 19.1 Å². The quantitative estimate of drug-likeness (QED) is 0.568. The van der Waals surface area contributed by atoms with Gasteiger partial charge in [0, 0.05) is 12.3 Å². The van der Waals surface area contributed by atoms with Gasteiger partial charge in [0.2, 0.25) is 0 Å². The monoisotopic (exact) mass is 249 g/mol. The number of rotatable bonds is 6. The lowest BCUT2D eigenvalue weighted by atomic mass is 10.0. The van der Waals surface area contributed by atoms with Gasteiger partial charge in [0.15, 0.2) is 0 Å². The van der Waals surface area contributed by atoms with Gasteiger partial charge in [-0.1, -0.05) is 36.3 Å². The summed E-state index contributed by atoms with van der Waals surface area (Å²) in [5, 5.41) is 0. The lowest BCUT2D eigenvalue weighted by Gasteiger charge is -2.30. The van der Waals surface area contributed by atoms with E-state index in [2.05, 4.69) is 29.9 Å². The van der Waals surface area contributed by atoms with Gasteiger partial charge in [0.25, 0.3) is 0 Å². The molecular formula is C14H19NOS. The molecule has 1 aromatic carbocycles. The van der Waals surface area contributed by atoms with Gasteiger partial charge < -0.3 is 4.18 Å². The fourth-order valence-corrected chi connectivity index (χ4v) is 2.16. The first-order valence-corrected chi connectivity index (χ1v) is 6.73. The van der Waals surface area contributed by atoms with E-state index in [1.165, 1.54) is 17.6 Å². The van der Waals surface area contributed by atoms with Crippen LogP contribution in [0.3, 0.4) is 0 Å². The SMILES string of the molecule is C#CCN(C)C(C)C(OSC)c1ccccc1. The topological polar surface area (TPSA) is 12.5 Å². The van der Waals surface area contributed by atoms with Crippen LogP contribution in [0.15, 0.2) is 30.3 Å². The van der Waals surface area contributed by atoms with E-state index in [0.29, 0.717) is 6.54 Å². The predicted octanol–water partition coefficient (Wildman–Crippen LogP) is 2.98. The molecule has 2 nitrogen and oxygen atoms in total. The molecule has 0 saturated carbocycles. The third-order valence-electron chi connectivity index (χ3n) is 2.80. The van der Waals surface area contributed by atoms with Crippen molar-refractivity contribution < 1.29 is 4.18 Å². The Kier molecular flexibility index (Phi) is 6.13. The molecule has 0 bridgehead atoms. The van der Waals surface area contributed by atoms with Crippen molar-refractivity contribution in [3.05, 3.63) is 35.9 Å². The third kappa shape index (κ3) is 4.08. The van der Waals surface area contributed by atoms with Crippen molar-refractivity contribution >= 4 is 12.0 Å². The normalized spacial score (nSPS) is 14.3. The summed E-state index contributed by atoms with van der Waals surface area (Å²) in [6, 6.07) is 10.5. The molecule has 0 radical (unpaired) electrons. The Balaban J connectivity index is 2.82. The van der Waals surface area contributed by atoms with E-state index in [9.17, 15) is 0 Å². The molecule has 0 fully saturated rings. The summed E-state index contributed by atoms with van der Waals surface area (Å²) in [6.45, 7) is 2.76. The number of nitrogens with zero attached hydrogens (tertiary/aromatic N) is 1. The smallest absolute Gasteiger partial charge is 0.112 e. The van der Waals surface area contributed by atoms with Crippen molar-refractivity contribution in [2.75, 3.05) is 19.8 Å². The van der Waals surface area contributed by atoms with Crippen LogP contribution in [0.5, 0.6) is 0 Å². The minimum Gasteiger partial charge on any atom is -0.306 e. The molecule has 0 heterocycles. The molecule has 0 spiro atoms. The van der Waals surface area contributed by atoms with Gasteiger partial charge in [-0.2, -0.15) is 0 Å². The highest BCUT2D eigenvalue weighted by Gasteiger charge is 2.23. The van der Waals surface area contributed by atoms with Gasteiger partial charge in [-0.3, -0.25) is 4.90 Å². The second kappa shape index (κ2) is 7.39. The molecule has 3 heteroatoms. The highest BCUT2D eigenvalue weighted by atomic mass is 32.2. The maximum atomic E-state index is 5.76. The Hall–Kier alpha value is -0.950. The summed E-state index contributed by atoms with van der Waals surface area (Å²) in [7, 11) is 2.02. The summed E-state index contributed by atoms with van der Waals surface area (Å²) >= 11 is 1.39. The molecule has 1 aromatic rings. The number of hydrogen-bond donors (Lipinski definition) is 0. The molecular weight excluding hydrogens is 230 g/mol. The molecule has 0 N–H and O–H groups in total. The Morgan fingerprint density at radius 2 is 2.06 bits per heavy atom. The zero-order valence-electron chi connectivity index (χ0n) is 10.6. The van der Waals surface area contributed by atoms with Gasteiger partial charge in [0.05, 0.1) is 6.54 Å². The van der Waals surface area contributed by atoms with Gasteiger partial charge in [0.1, 0.15) is 6.10 Å². The van der Waals surface area contributed by atoms with Crippen LogP contribution in [0, 0.1) is 12.3 Å². The molecule has 0 aliphatic carbocycles. The molecule has 0 aromatic heterocycles. The highest BCUT2D eigenvalue weighted by Crippen LogP contribution is 2.27. The van der Waals surface area contributed by atoms with Crippen LogP contribution >= 0.6 is 12.0 Å². The molecule has 2 atom stereocenters. The lowest BCUT2D eigenvalue weighted by molar-refractivity contribution is 0.121. The molecule has 0 aliphatic heterocycles. The van der Waals surface area contributed by atoms with E-state index in [1.807, 2.05) is 31.5 Å². The van der Waals surface area contributed by atoms with Crippen molar-refractivity contribution in [2.24, 2.45) is 0 Å². The van der Waals surface area contributed by atoms with Crippen LogP contribution in [0.4, 0.5) is 0 Å². The van der Waals surface area contributed by atoms with E-state index in [0.717, 1.165) is 0 Å². The first kappa shape index (κ1) is 14.1. The van der Waals surface area contributed by atoms with Gasteiger partial charge in [-0.25, -0.2) is 0 Å². The maximum Gasteiger partial charge on any atom is 0.112 e. The standard InChI is InChI=1S/C14H19NOS/c1-5-11-15(3)12(2)14(16-17-4)13-9-7-6-8-10-13/h1,6-10,12,14H,11H2,2-4H3. The van der Waals surface area contributed by atoms with Crippen molar-refractivity contribution in [3.63, 3.8) is 0 Å². The zero-order chi connectivity index (χ0) is 12.7. The minimum atomic E-state index is 0.0320. The maximum absolute atomic E-state index is 5.76. The Labute approximate surface area is 109 Å². The largest absolute Gasteiger partial charge is 0.306 e. The Bertz CT molecular complexity index is 360. The van der Waals surface area contributed by atoms with Crippen molar-refractivity contribution in [1.82, 2.24) is 4.90 Å². The van der Waals surface area contributed by atoms with E-state index in [4.69, 9.17) is 10.6 Å². The summed E-state index contributed by atoms with van der Waals surface area (Å²) in [6.07, 6.45) is 7.31. The number of likely N-dealkylation sites (N-methyl/N-ethyl adjacent to an activating group) is 1. The second-order valence-electron chi connectivity index (χ2n) is 3.95. The fourth-order valence-electron chi connectivity index (χ4n) is 1.68. The molecule has 1 rings (SSSR count). The summed E-state index contributed by atoms with van der Waals surface area (Å²) in [4.78, 5) is 2.12. The third-order valence-corrected chi connectivity index (χ3v) is 3.20. The van der Waals surface area contributed by atoms with Crippen LogP contribution in [-0.4, -0.2) is 30.8 Å². The first-order chi connectivity index (χ1) is 8.20. The average Bonchev–Trinajstić information content (AvgIpc) is 2.36. The summed E-state index contributed by atoms with van der Waals surface area (Å²) in [5.41, 5.74) is 1.18. The number of terminal acetylenes is 1. The molecule has 92 valence electrons. The number of benzene rings is 1. The van der Waals surface area contributed by atoms with Gasteiger partial charge >= 0.3 is 0 Å². The van der Waals surface area contributed by atoms with Crippen LogP contribution < -0.4 is 0 Å². The van der Waals surface area contributed by atoms with Crippen molar-refractivity contribution in [1.29, 1.82) is 0 Å². The molecule has 0 aliphatic rings. The van der Waals surface area contributed by atoms with E-state index in [1.54, 1.807) is 0 Å². The zero-order valence-corrected chi connectivity index (χ0v) is 11.4. The molecule has 17 heavy (non-hydrogen) atoms.